The molecule has 1 aliphatic heterocycles. The number of aromatic nitrogens is 2. The van der Waals surface area contributed by atoms with Gasteiger partial charge in [0.05, 0.1) is 11.9 Å². The molecule has 0 unspecified atom stereocenters. The van der Waals surface area contributed by atoms with E-state index in [-0.39, 0.29) is 5.91 Å². The van der Waals surface area contributed by atoms with E-state index >= 15 is 0 Å². The van der Waals surface area contributed by atoms with E-state index in [1.165, 1.54) is 0 Å². The summed E-state index contributed by atoms with van der Waals surface area (Å²) in [6.45, 7) is 4.49. The molecule has 1 aliphatic rings. The first-order valence-corrected chi connectivity index (χ1v) is 5.84. The highest BCUT2D eigenvalue weighted by atomic mass is 16.2. The van der Waals surface area contributed by atoms with Crippen molar-refractivity contribution >= 4 is 11.6 Å². The molecule has 0 atom stereocenters. The molecule has 5 nitrogen and oxygen atoms in total. The van der Waals surface area contributed by atoms with Crippen LogP contribution in [-0.4, -0.2) is 33.7 Å². The second kappa shape index (κ2) is 4.55. The summed E-state index contributed by atoms with van der Waals surface area (Å²) < 4.78 is 1.72. The number of nitrogen functional groups attached to an aromatic ring is 1. The quantitative estimate of drug-likeness (QED) is 0.833. The molecular weight excluding hydrogens is 204 g/mol. The molecule has 0 aromatic carbocycles. The standard InChI is InChI=1S/C11H18N4O/c1-2-5-15-10(9(12)8-13-15)11(16)14-6-3-4-7-14/h8H,2-7,12H2,1H3. The van der Waals surface area contributed by atoms with Gasteiger partial charge in [0, 0.05) is 19.6 Å². The van der Waals surface area contributed by atoms with Crippen LogP contribution in [0, 0.1) is 0 Å². The average molecular weight is 222 g/mol. The first kappa shape index (κ1) is 11.0. The van der Waals surface area contributed by atoms with Crippen molar-refractivity contribution in [2.45, 2.75) is 32.7 Å². The van der Waals surface area contributed by atoms with Crippen LogP contribution in [0.5, 0.6) is 0 Å². The Labute approximate surface area is 95.2 Å². The zero-order chi connectivity index (χ0) is 11.5. The highest BCUT2D eigenvalue weighted by molar-refractivity contribution is 5.97. The maximum Gasteiger partial charge on any atom is 0.274 e. The van der Waals surface area contributed by atoms with Crippen molar-refractivity contribution in [1.82, 2.24) is 14.7 Å². The summed E-state index contributed by atoms with van der Waals surface area (Å²) in [5.74, 6) is 0.0287. The van der Waals surface area contributed by atoms with Crippen LogP contribution in [0.3, 0.4) is 0 Å². The van der Waals surface area contributed by atoms with Crippen molar-refractivity contribution in [1.29, 1.82) is 0 Å². The molecule has 2 heterocycles. The number of carbonyl (C=O) groups excluding carboxylic acids is 1. The van der Waals surface area contributed by atoms with Crippen LogP contribution in [-0.2, 0) is 6.54 Å². The maximum absolute atomic E-state index is 12.2. The lowest BCUT2D eigenvalue weighted by Crippen LogP contribution is -2.30. The molecule has 2 N–H and O–H groups in total. The number of hydrogen-bond donors (Lipinski definition) is 1. The van der Waals surface area contributed by atoms with Gasteiger partial charge in [-0.15, -0.1) is 0 Å². The molecule has 0 saturated carbocycles. The second-order valence-electron chi connectivity index (χ2n) is 4.17. The van der Waals surface area contributed by atoms with Crippen molar-refractivity contribution in [3.63, 3.8) is 0 Å². The molecular formula is C11H18N4O. The number of rotatable bonds is 3. The van der Waals surface area contributed by atoms with Gasteiger partial charge in [0.2, 0.25) is 0 Å². The summed E-state index contributed by atoms with van der Waals surface area (Å²) >= 11 is 0. The summed E-state index contributed by atoms with van der Waals surface area (Å²) in [6, 6.07) is 0. The summed E-state index contributed by atoms with van der Waals surface area (Å²) in [5.41, 5.74) is 6.86. The van der Waals surface area contributed by atoms with Gasteiger partial charge in [-0.2, -0.15) is 5.10 Å². The van der Waals surface area contributed by atoms with E-state index in [1.54, 1.807) is 10.9 Å². The van der Waals surface area contributed by atoms with Crippen molar-refractivity contribution in [3.05, 3.63) is 11.9 Å². The Bertz CT molecular complexity index is 379. The Hall–Kier alpha value is -1.52. The lowest BCUT2D eigenvalue weighted by Gasteiger charge is -2.16. The van der Waals surface area contributed by atoms with Crippen LogP contribution < -0.4 is 5.73 Å². The third-order valence-corrected chi connectivity index (χ3v) is 2.90. The first-order valence-electron chi connectivity index (χ1n) is 5.84. The highest BCUT2D eigenvalue weighted by Gasteiger charge is 2.24. The first-order chi connectivity index (χ1) is 7.74. The molecule has 1 fully saturated rings. The molecule has 1 aromatic rings. The number of nitrogens with two attached hydrogens (primary N) is 1. The third kappa shape index (κ3) is 1.89. The summed E-state index contributed by atoms with van der Waals surface area (Å²) in [7, 11) is 0. The minimum atomic E-state index is 0.0287. The number of anilines is 1. The predicted molar refractivity (Wildman–Crippen MR) is 62.1 cm³/mol. The maximum atomic E-state index is 12.2. The predicted octanol–water partition coefficient (Wildman–Crippen LogP) is 1.11. The van der Waals surface area contributed by atoms with E-state index in [2.05, 4.69) is 12.0 Å². The summed E-state index contributed by atoms with van der Waals surface area (Å²) in [5, 5.41) is 4.14. The normalized spacial score (nSPS) is 15.7. The summed E-state index contributed by atoms with van der Waals surface area (Å²) in [6.07, 6.45) is 4.70. The highest BCUT2D eigenvalue weighted by Crippen LogP contribution is 2.17. The fraction of sp³-hybridized carbons (Fsp3) is 0.636. The molecule has 0 aliphatic carbocycles. The van der Waals surface area contributed by atoms with Crippen LogP contribution in [0.2, 0.25) is 0 Å². The van der Waals surface area contributed by atoms with Gasteiger partial charge < -0.3 is 10.6 Å². The van der Waals surface area contributed by atoms with Crippen LogP contribution in [0.25, 0.3) is 0 Å². The smallest absolute Gasteiger partial charge is 0.274 e. The van der Waals surface area contributed by atoms with Crippen molar-refractivity contribution in [3.8, 4) is 0 Å². The van der Waals surface area contributed by atoms with Gasteiger partial charge >= 0.3 is 0 Å². The monoisotopic (exact) mass is 222 g/mol. The van der Waals surface area contributed by atoms with Gasteiger partial charge in [0.25, 0.3) is 5.91 Å². The third-order valence-electron chi connectivity index (χ3n) is 2.90. The van der Waals surface area contributed by atoms with E-state index in [0.29, 0.717) is 11.4 Å². The molecule has 0 radical (unpaired) electrons. The minimum absolute atomic E-state index is 0.0287. The van der Waals surface area contributed by atoms with E-state index in [1.807, 2.05) is 4.90 Å². The topological polar surface area (TPSA) is 64.2 Å². The molecule has 16 heavy (non-hydrogen) atoms. The van der Waals surface area contributed by atoms with E-state index < -0.39 is 0 Å². The molecule has 0 bridgehead atoms. The lowest BCUT2D eigenvalue weighted by atomic mass is 10.3. The Morgan fingerprint density at radius 1 is 1.50 bits per heavy atom. The molecule has 1 aromatic heterocycles. The Kier molecular flexibility index (Phi) is 3.12. The zero-order valence-electron chi connectivity index (χ0n) is 9.65. The molecule has 88 valence electrons. The molecule has 2 rings (SSSR count). The van der Waals surface area contributed by atoms with Crippen LogP contribution in [0.4, 0.5) is 5.69 Å². The van der Waals surface area contributed by atoms with Crippen LogP contribution in [0.1, 0.15) is 36.7 Å². The SMILES string of the molecule is CCCn1ncc(N)c1C(=O)N1CCCC1. The number of nitrogens with zero attached hydrogens (tertiary/aromatic N) is 3. The average Bonchev–Trinajstić information content (AvgIpc) is 2.88. The zero-order valence-corrected chi connectivity index (χ0v) is 9.65. The largest absolute Gasteiger partial charge is 0.396 e. The fourth-order valence-electron chi connectivity index (χ4n) is 2.09. The van der Waals surface area contributed by atoms with Crippen molar-refractivity contribution in [2.75, 3.05) is 18.8 Å². The Morgan fingerprint density at radius 3 is 2.81 bits per heavy atom. The van der Waals surface area contributed by atoms with Gasteiger partial charge in [-0.05, 0) is 19.3 Å². The Balaban J connectivity index is 2.23. The number of carbonyl (C=O) groups is 1. The van der Waals surface area contributed by atoms with E-state index in [9.17, 15) is 4.79 Å². The number of aryl methyl sites for hydroxylation is 1. The molecule has 1 amide bonds. The number of amides is 1. The second-order valence-corrected chi connectivity index (χ2v) is 4.17. The molecule has 5 heteroatoms. The lowest BCUT2D eigenvalue weighted by molar-refractivity contribution is 0.0781. The van der Waals surface area contributed by atoms with Gasteiger partial charge in [-0.3, -0.25) is 9.48 Å². The van der Waals surface area contributed by atoms with Gasteiger partial charge in [-0.25, -0.2) is 0 Å². The molecule has 1 saturated heterocycles. The van der Waals surface area contributed by atoms with E-state index in [0.717, 1.165) is 38.9 Å². The van der Waals surface area contributed by atoms with E-state index in [4.69, 9.17) is 5.73 Å². The number of likely N-dealkylation sites (tertiary alicyclic amines) is 1. The van der Waals surface area contributed by atoms with Crippen molar-refractivity contribution in [2.24, 2.45) is 0 Å². The van der Waals surface area contributed by atoms with Crippen LogP contribution >= 0.6 is 0 Å². The molecule has 0 spiro atoms. The fourth-order valence-corrected chi connectivity index (χ4v) is 2.09. The number of hydrogen-bond acceptors (Lipinski definition) is 3. The van der Waals surface area contributed by atoms with Crippen LogP contribution in [0.15, 0.2) is 6.20 Å². The van der Waals surface area contributed by atoms with Gasteiger partial charge in [0.15, 0.2) is 0 Å². The minimum Gasteiger partial charge on any atom is -0.396 e. The van der Waals surface area contributed by atoms with Crippen molar-refractivity contribution < 1.29 is 4.79 Å². The summed E-state index contributed by atoms with van der Waals surface area (Å²) in [4.78, 5) is 14.1. The Morgan fingerprint density at radius 2 is 2.19 bits per heavy atom. The van der Waals surface area contributed by atoms with Gasteiger partial charge in [0.1, 0.15) is 5.69 Å². The van der Waals surface area contributed by atoms with Gasteiger partial charge in [-0.1, -0.05) is 6.92 Å².